The summed E-state index contributed by atoms with van der Waals surface area (Å²) in [5.41, 5.74) is 0.918. The summed E-state index contributed by atoms with van der Waals surface area (Å²) >= 11 is 1.55. The van der Waals surface area contributed by atoms with Crippen LogP contribution in [0.2, 0.25) is 0 Å². The molecule has 3 heterocycles. The fraction of sp³-hybridized carbons (Fsp3) is 0.429. The summed E-state index contributed by atoms with van der Waals surface area (Å²) in [6.45, 7) is 0. The molecule has 4 rings (SSSR count). The van der Waals surface area contributed by atoms with Gasteiger partial charge in [-0.25, -0.2) is 4.79 Å². The van der Waals surface area contributed by atoms with Gasteiger partial charge in [-0.05, 0) is 42.0 Å². The van der Waals surface area contributed by atoms with Crippen LogP contribution in [-0.2, 0) is 9.59 Å². The summed E-state index contributed by atoms with van der Waals surface area (Å²) < 4.78 is 0. The molecule has 2 aromatic rings. The lowest BCUT2D eigenvalue weighted by molar-refractivity contribution is -0.132. The van der Waals surface area contributed by atoms with Crippen molar-refractivity contribution in [2.24, 2.45) is 0 Å². The van der Waals surface area contributed by atoms with Gasteiger partial charge in [-0.3, -0.25) is 19.5 Å². The minimum absolute atomic E-state index is 0.0417. The number of hydrogen-bond donors (Lipinski definition) is 2. The van der Waals surface area contributed by atoms with Crippen molar-refractivity contribution in [3.63, 3.8) is 0 Å². The maximum atomic E-state index is 12.8. The first-order valence-corrected chi connectivity index (χ1v) is 10.9. The number of amides is 4. The Morgan fingerprint density at radius 1 is 1.21 bits per heavy atom. The topological polar surface area (TPSA) is 91.4 Å². The number of urea groups is 1. The van der Waals surface area contributed by atoms with Crippen molar-refractivity contribution in [2.75, 3.05) is 0 Å². The molecule has 2 atom stereocenters. The number of rotatable bonds is 6. The number of hydrogen-bond acceptors (Lipinski definition) is 5. The number of nitrogens with one attached hydrogen (secondary N) is 2. The highest BCUT2D eigenvalue weighted by Crippen LogP contribution is 2.27. The zero-order valence-corrected chi connectivity index (χ0v) is 16.9. The first kappa shape index (κ1) is 19.6. The van der Waals surface area contributed by atoms with E-state index in [1.54, 1.807) is 23.7 Å². The zero-order chi connectivity index (χ0) is 20.2. The second-order valence-electron chi connectivity index (χ2n) is 7.50. The van der Waals surface area contributed by atoms with Gasteiger partial charge in [0.05, 0.1) is 12.5 Å². The van der Waals surface area contributed by atoms with Crippen molar-refractivity contribution in [3.05, 3.63) is 52.5 Å². The number of pyridine rings is 1. The van der Waals surface area contributed by atoms with Gasteiger partial charge in [-0.2, -0.15) is 0 Å². The van der Waals surface area contributed by atoms with Crippen molar-refractivity contribution in [1.82, 2.24) is 20.5 Å². The summed E-state index contributed by atoms with van der Waals surface area (Å²) in [5.74, 6) is -0.557. The summed E-state index contributed by atoms with van der Waals surface area (Å²) in [4.78, 5) is 44.3. The highest BCUT2D eigenvalue weighted by Gasteiger charge is 2.43. The fourth-order valence-electron chi connectivity index (χ4n) is 4.11. The molecule has 2 fully saturated rings. The maximum absolute atomic E-state index is 12.8. The van der Waals surface area contributed by atoms with Crippen LogP contribution in [0.4, 0.5) is 4.79 Å². The average molecular weight is 413 g/mol. The Bertz CT molecular complexity index is 865. The molecule has 1 aliphatic carbocycles. The van der Waals surface area contributed by atoms with Gasteiger partial charge < -0.3 is 10.6 Å². The van der Waals surface area contributed by atoms with Crippen LogP contribution in [0.3, 0.4) is 0 Å². The monoisotopic (exact) mass is 412 g/mol. The van der Waals surface area contributed by atoms with E-state index < -0.39 is 6.04 Å². The van der Waals surface area contributed by atoms with Crippen LogP contribution < -0.4 is 10.6 Å². The third-order valence-electron chi connectivity index (χ3n) is 5.55. The van der Waals surface area contributed by atoms with Crippen molar-refractivity contribution >= 4 is 29.2 Å². The predicted octanol–water partition coefficient (Wildman–Crippen LogP) is 2.99. The van der Waals surface area contributed by atoms with Gasteiger partial charge in [0.1, 0.15) is 6.04 Å². The number of carbonyl (C=O) groups excluding carboxylic acids is 3. The van der Waals surface area contributed by atoms with E-state index in [9.17, 15) is 14.4 Å². The van der Waals surface area contributed by atoms with Crippen LogP contribution in [0.5, 0.6) is 0 Å². The molecule has 2 aliphatic rings. The largest absolute Gasteiger partial charge is 0.344 e. The molecule has 8 heteroatoms. The van der Waals surface area contributed by atoms with Gasteiger partial charge in [0.15, 0.2) is 0 Å². The van der Waals surface area contributed by atoms with Crippen LogP contribution in [0.1, 0.15) is 55.0 Å². The Balaban J connectivity index is 1.43. The Hall–Kier alpha value is -2.74. The van der Waals surface area contributed by atoms with Gasteiger partial charge >= 0.3 is 6.03 Å². The molecule has 2 N–H and O–H groups in total. The average Bonchev–Trinajstić information content (AvgIpc) is 3.36. The highest BCUT2D eigenvalue weighted by molar-refractivity contribution is 7.10. The first-order chi connectivity index (χ1) is 14.1. The molecule has 0 spiro atoms. The molecule has 1 aliphatic heterocycles. The van der Waals surface area contributed by atoms with Crippen LogP contribution in [0, 0.1) is 0 Å². The van der Waals surface area contributed by atoms with E-state index in [-0.39, 0.29) is 36.3 Å². The van der Waals surface area contributed by atoms with Crippen molar-refractivity contribution in [2.45, 2.75) is 56.7 Å². The molecule has 7 nitrogen and oxygen atoms in total. The van der Waals surface area contributed by atoms with Gasteiger partial charge in [0.2, 0.25) is 5.91 Å². The normalized spacial score (nSPS) is 21.1. The molecule has 0 bridgehead atoms. The Morgan fingerprint density at radius 3 is 2.66 bits per heavy atom. The lowest BCUT2D eigenvalue weighted by Gasteiger charge is -2.28. The molecule has 29 heavy (non-hydrogen) atoms. The third kappa shape index (κ3) is 4.32. The van der Waals surface area contributed by atoms with E-state index in [2.05, 4.69) is 15.6 Å². The van der Waals surface area contributed by atoms with Gasteiger partial charge in [0.25, 0.3) is 5.91 Å². The SMILES string of the molecule is O=C(C[C@@H]1NC(=O)N(C2CCCCC2)C1=O)N[C@H](c1ccncc1)c1cccs1. The minimum atomic E-state index is -0.800. The van der Waals surface area contributed by atoms with E-state index in [1.807, 2.05) is 29.6 Å². The molecule has 2 aromatic heterocycles. The van der Waals surface area contributed by atoms with E-state index >= 15 is 0 Å². The smallest absolute Gasteiger partial charge is 0.325 e. The predicted molar refractivity (Wildman–Crippen MR) is 109 cm³/mol. The van der Waals surface area contributed by atoms with Crippen LogP contribution in [0.15, 0.2) is 42.0 Å². The number of thiophene rings is 1. The van der Waals surface area contributed by atoms with Crippen molar-refractivity contribution in [1.29, 1.82) is 0 Å². The molecule has 1 saturated carbocycles. The van der Waals surface area contributed by atoms with E-state index in [4.69, 9.17) is 0 Å². The molecular formula is C21H24N4O3S. The van der Waals surface area contributed by atoms with Gasteiger partial charge in [-0.1, -0.05) is 25.3 Å². The molecule has 152 valence electrons. The van der Waals surface area contributed by atoms with Crippen LogP contribution in [0.25, 0.3) is 0 Å². The molecule has 1 saturated heterocycles. The molecule has 4 amide bonds. The second-order valence-corrected chi connectivity index (χ2v) is 8.48. The fourth-order valence-corrected chi connectivity index (χ4v) is 4.91. The summed E-state index contributed by atoms with van der Waals surface area (Å²) in [7, 11) is 0. The van der Waals surface area contributed by atoms with Gasteiger partial charge in [0, 0.05) is 23.3 Å². The summed E-state index contributed by atoms with van der Waals surface area (Å²) in [6.07, 6.45) is 8.20. The molecular weight excluding hydrogens is 388 g/mol. The lowest BCUT2D eigenvalue weighted by atomic mass is 9.94. The van der Waals surface area contributed by atoms with E-state index in [1.165, 1.54) is 4.90 Å². The zero-order valence-electron chi connectivity index (χ0n) is 16.0. The van der Waals surface area contributed by atoms with E-state index in [0.717, 1.165) is 42.5 Å². The van der Waals surface area contributed by atoms with Crippen LogP contribution in [-0.4, -0.2) is 39.8 Å². The number of aromatic nitrogens is 1. The number of imide groups is 1. The van der Waals surface area contributed by atoms with Crippen LogP contribution >= 0.6 is 11.3 Å². The Kier molecular flexibility index (Phi) is 5.89. The van der Waals surface area contributed by atoms with Gasteiger partial charge in [-0.15, -0.1) is 11.3 Å². The number of carbonyl (C=O) groups is 3. The van der Waals surface area contributed by atoms with Crippen molar-refractivity contribution < 1.29 is 14.4 Å². The minimum Gasteiger partial charge on any atom is -0.344 e. The second kappa shape index (κ2) is 8.73. The molecule has 0 unspecified atom stereocenters. The highest BCUT2D eigenvalue weighted by atomic mass is 32.1. The quantitative estimate of drug-likeness (QED) is 0.714. The Morgan fingerprint density at radius 2 is 1.97 bits per heavy atom. The lowest BCUT2D eigenvalue weighted by Crippen LogP contribution is -2.42. The third-order valence-corrected chi connectivity index (χ3v) is 6.49. The standard InChI is InChI=1S/C21H24N4O3S/c26-18(24-19(17-7-4-12-29-17)14-8-10-22-11-9-14)13-16-20(27)25(21(28)23-16)15-5-2-1-3-6-15/h4,7-12,15-16,19H,1-3,5-6,13H2,(H,23,28)(H,24,26)/t16-,19+/m0/s1. The van der Waals surface area contributed by atoms with Crippen molar-refractivity contribution in [3.8, 4) is 0 Å². The summed E-state index contributed by atoms with van der Waals surface area (Å²) in [5, 5.41) is 7.67. The number of nitrogens with zero attached hydrogens (tertiary/aromatic N) is 2. The summed E-state index contributed by atoms with van der Waals surface area (Å²) in [6, 6.07) is 6.09. The van der Waals surface area contributed by atoms with E-state index in [0.29, 0.717) is 0 Å². The molecule has 0 aromatic carbocycles. The Labute approximate surface area is 173 Å². The first-order valence-electron chi connectivity index (χ1n) is 10.00. The maximum Gasteiger partial charge on any atom is 0.325 e. The molecule has 0 radical (unpaired) electrons.